The minimum atomic E-state index is -4.61. The van der Waals surface area contributed by atoms with Crippen molar-refractivity contribution in [3.05, 3.63) is 11.7 Å². The molecule has 2 rings (SSSR count). The Balaban J connectivity index is 2.08. The number of ether oxygens (including phenoxy) is 1. The first kappa shape index (κ1) is 11.3. The average molecular weight is 237 g/mol. The van der Waals surface area contributed by atoms with E-state index in [1.165, 1.54) is 0 Å². The van der Waals surface area contributed by atoms with E-state index < -0.39 is 18.2 Å². The largest absolute Gasteiger partial charge is 0.471 e. The van der Waals surface area contributed by atoms with Gasteiger partial charge in [0.25, 0.3) is 0 Å². The van der Waals surface area contributed by atoms with Crippen LogP contribution in [0.5, 0.6) is 0 Å². The highest BCUT2D eigenvalue weighted by Crippen LogP contribution is 2.33. The summed E-state index contributed by atoms with van der Waals surface area (Å²) in [5.41, 5.74) is 5.38. The second-order valence-corrected chi connectivity index (χ2v) is 3.52. The van der Waals surface area contributed by atoms with Crippen LogP contribution in [0.15, 0.2) is 4.52 Å². The number of nitrogens with two attached hydrogens (primary N) is 1. The number of hydrogen-bond donors (Lipinski definition) is 1. The lowest BCUT2D eigenvalue weighted by Crippen LogP contribution is -2.19. The van der Waals surface area contributed by atoms with E-state index >= 15 is 0 Å². The Morgan fingerprint density at radius 2 is 2.12 bits per heavy atom. The lowest BCUT2D eigenvalue weighted by molar-refractivity contribution is -0.159. The van der Waals surface area contributed by atoms with Gasteiger partial charge in [0.1, 0.15) is 6.10 Å². The van der Waals surface area contributed by atoms with Crippen LogP contribution in [0.1, 0.15) is 30.7 Å². The summed E-state index contributed by atoms with van der Waals surface area (Å²) in [7, 11) is 0. The molecule has 1 aliphatic heterocycles. The van der Waals surface area contributed by atoms with Gasteiger partial charge in [-0.15, -0.1) is 0 Å². The molecule has 1 saturated heterocycles. The molecular formula is C8H10F3N3O2. The minimum absolute atomic E-state index is 0.0664. The maximum atomic E-state index is 12.2. The van der Waals surface area contributed by atoms with Crippen LogP contribution in [-0.4, -0.2) is 22.8 Å². The van der Waals surface area contributed by atoms with Crippen LogP contribution < -0.4 is 5.73 Å². The SMILES string of the molecule is NCC1CCC(c2noc(C(F)(F)F)n2)O1. The molecule has 0 saturated carbocycles. The molecule has 0 radical (unpaired) electrons. The van der Waals surface area contributed by atoms with E-state index in [0.717, 1.165) is 0 Å². The smallest absolute Gasteiger partial charge is 0.366 e. The molecule has 0 spiro atoms. The third kappa shape index (κ3) is 2.17. The number of halogens is 3. The van der Waals surface area contributed by atoms with Crippen LogP contribution in [-0.2, 0) is 10.9 Å². The Kier molecular flexibility index (Phi) is 2.85. The normalized spacial score (nSPS) is 26.2. The lowest BCUT2D eigenvalue weighted by Gasteiger charge is -2.07. The van der Waals surface area contributed by atoms with Crippen molar-refractivity contribution < 1.29 is 22.4 Å². The highest BCUT2D eigenvalue weighted by molar-refractivity contribution is 4.96. The Bertz CT molecular complexity index is 366. The second kappa shape index (κ2) is 4.02. The molecule has 0 amide bonds. The molecule has 8 heteroatoms. The fraction of sp³-hybridized carbons (Fsp3) is 0.750. The quantitative estimate of drug-likeness (QED) is 0.838. The van der Waals surface area contributed by atoms with Gasteiger partial charge in [-0.2, -0.15) is 18.2 Å². The highest BCUT2D eigenvalue weighted by Gasteiger charge is 2.40. The molecule has 2 N–H and O–H groups in total. The molecule has 0 bridgehead atoms. The van der Waals surface area contributed by atoms with Crippen molar-refractivity contribution in [1.82, 2.24) is 10.1 Å². The first-order valence-electron chi connectivity index (χ1n) is 4.77. The summed E-state index contributed by atoms with van der Waals surface area (Å²) in [6.45, 7) is 0.334. The fourth-order valence-corrected chi connectivity index (χ4v) is 1.55. The van der Waals surface area contributed by atoms with Gasteiger partial charge >= 0.3 is 12.1 Å². The monoisotopic (exact) mass is 237 g/mol. The summed E-state index contributed by atoms with van der Waals surface area (Å²) in [6.07, 6.45) is -4.06. The van der Waals surface area contributed by atoms with Crippen molar-refractivity contribution >= 4 is 0 Å². The van der Waals surface area contributed by atoms with E-state index in [4.69, 9.17) is 10.5 Å². The molecular weight excluding hydrogens is 227 g/mol. The van der Waals surface area contributed by atoms with Gasteiger partial charge in [0.15, 0.2) is 0 Å². The van der Waals surface area contributed by atoms with Crippen molar-refractivity contribution in [2.75, 3.05) is 6.54 Å². The fourth-order valence-electron chi connectivity index (χ4n) is 1.55. The molecule has 2 unspecified atom stereocenters. The molecule has 16 heavy (non-hydrogen) atoms. The summed E-state index contributed by atoms with van der Waals surface area (Å²) >= 11 is 0. The van der Waals surface area contributed by atoms with Gasteiger partial charge in [0.2, 0.25) is 5.82 Å². The van der Waals surface area contributed by atoms with Crippen LogP contribution in [0, 0.1) is 0 Å². The summed E-state index contributed by atoms with van der Waals surface area (Å²) < 4.78 is 46.0. The van der Waals surface area contributed by atoms with E-state index in [0.29, 0.717) is 19.4 Å². The van der Waals surface area contributed by atoms with Crippen molar-refractivity contribution in [3.63, 3.8) is 0 Å². The maximum absolute atomic E-state index is 12.2. The molecule has 1 fully saturated rings. The summed E-state index contributed by atoms with van der Waals surface area (Å²) in [5.74, 6) is -1.41. The zero-order chi connectivity index (χ0) is 11.8. The average Bonchev–Trinajstić information content (AvgIpc) is 2.85. The van der Waals surface area contributed by atoms with E-state index in [9.17, 15) is 13.2 Å². The molecule has 90 valence electrons. The first-order chi connectivity index (χ1) is 7.50. The molecule has 1 aromatic heterocycles. The third-order valence-corrected chi connectivity index (χ3v) is 2.34. The number of alkyl halides is 3. The van der Waals surface area contributed by atoms with Crippen LogP contribution in [0.3, 0.4) is 0 Å². The number of aromatic nitrogens is 2. The number of nitrogens with zero attached hydrogens (tertiary/aromatic N) is 2. The minimum Gasteiger partial charge on any atom is -0.366 e. The van der Waals surface area contributed by atoms with Gasteiger partial charge in [0.05, 0.1) is 6.10 Å². The van der Waals surface area contributed by atoms with Gasteiger partial charge in [-0.05, 0) is 12.8 Å². The van der Waals surface area contributed by atoms with Gasteiger partial charge in [-0.3, -0.25) is 0 Å². The van der Waals surface area contributed by atoms with E-state index in [1.54, 1.807) is 0 Å². The third-order valence-electron chi connectivity index (χ3n) is 2.34. The van der Waals surface area contributed by atoms with Gasteiger partial charge < -0.3 is 15.0 Å². The van der Waals surface area contributed by atoms with Crippen LogP contribution >= 0.6 is 0 Å². The van der Waals surface area contributed by atoms with Crippen molar-refractivity contribution in [3.8, 4) is 0 Å². The van der Waals surface area contributed by atoms with Gasteiger partial charge in [0, 0.05) is 6.54 Å². The molecule has 5 nitrogen and oxygen atoms in total. The van der Waals surface area contributed by atoms with Gasteiger partial charge in [-0.1, -0.05) is 5.16 Å². The highest BCUT2D eigenvalue weighted by atomic mass is 19.4. The number of rotatable bonds is 2. The zero-order valence-electron chi connectivity index (χ0n) is 8.20. The Morgan fingerprint density at radius 1 is 1.38 bits per heavy atom. The Labute approximate surface area is 88.8 Å². The van der Waals surface area contributed by atoms with Crippen molar-refractivity contribution in [2.24, 2.45) is 5.73 Å². The van der Waals surface area contributed by atoms with Crippen molar-refractivity contribution in [1.29, 1.82) is 0 Å². The molecule has 0 aromatic carbocycles. The predicted molar refractivity (Wildman–Crippen MR) is 45.2 cm³/mol. The predicted octanol–water partition coefficient (Wildman–Crippen LogP) is 1.27. The zero-order valence-corrected chi connectivity index (χ0v) is 8.20. The topological polar surface area (TPSA) is 74.2 Å². The maximum Gasteiger partial charge on any atom is 0.471 e. The van der Waals surface area contributed by atoms with E-state index in [-0.39, 0.29) is 11.9 Å². The number of hydrogen-bond acceptors (Lipinski definition) is 5. The summed E-state index contributed by atoms with van der Waals surface area (Å²) in [5, 5.41) is 3.26. The Hall–Kier alpha value is -1.15. The first-order valence-corrected chi connectivity index (χ1v) is 4.77. The van der Waals surface area contributed by atoms with Crippen LogP contribution in [0.4, 0.5) is 13.2 Å². The Morgan fingerprint density at radius 3 is 2.62 bits per heavy atom. The summed E-state index contributed by atoms with van der Waals surface area (Å²) in [4.78, 5) is 3.26. The van der Waals surface area contributed by atoms with Gasteiger partial charge in [-0.25, -0.2) is 0 Å². The standard InChI is InChI=1S/C8H10F3N3O2/c9-8(10,11)7-13-6(14-16-7)5-2-1-4(3-12)15-5/h4-5H,1-3,12H2. The molecule has 1 aliphatic rings. The second-order valence-electron chi connectivity index (χ2n) is 3.52. The molecule has 1 aromatic rings. The summed E-state index contributed by atoms with van der Waals surface area (Å²) in [6, 6.07) is 0. The van der Waals surface area contributed by atoms with Crippen LogP contribution in [0.2, 0.25) is 0 Å². The molecule has 2 atom stereocenters. The van der Waals surface area contributed by atoms with E-state index in [1.807, 2.05) is 0 Å². The molecule has 0 aliphatic carbocycles. The van der Waals surface area contributed by atoms with Crippen LogP contribution in [0.25, 0.3) is 0 Å². The van der Waals surface area contributed by atoms with E-state index in [2.05, 4.69) is 14.7 Å². The van der Waals surface area contributed by atoms with Crippen molar-refractivity contribution in [2.45, 2.75) is 31.2 Å². The lowest BCUT2D eigenvalue weighted by atomic mass is 10.2. The molecule has 2 heterocycles.